The minimum Gasteiger partial charge on any atom is -0.378 e. The van der Waals surface area contributed by atoms with Crippen molar-refractivity contribution < 1.29 is 14.7 Å². The number of hydrogen-bond acceptors (Lipinski definition) is 5. The molecule has 2 amide bonds. The minimum atomic E-state index is -1.63. The van der Waals surface area contributed by atoms with E-state index in [1.807, 2.05) is 24.1 Å². The number of rotatable bonds is 3. The highest BCUT2D eigenvalue weighted by Gasteiger charge is 2.40. The Bertz CT molecular complexity index is 686. The van der Waals surface area contributed by atoms with Crippen LogP contribution in [0.2, 0.25) is 0 Å². The molecule has 0 aliphatic carbocycles. The molecule has 1 fully saturated rings. The summed E-state index contributed by atoms with van der Waals surface area (Å²) < 4.78 is 0. The van der Waals surface area contributed by atoms with Crippen molar-refractivity contribution in [3.05, 3.63) is 29.8 Å². The summed E-state index contributed by atoms with van der Waals surface area (Å²) in [6, 6.07) is 7.22. The predicted octanol–water partition coefficient (Wildman–Crippen LogP) is 0.725. The highest BCUT2D eigenvalue weighted by Crippen LogP contribution is 2.24. The third-order valence-corrected chi connectivity index (χ3v) is 4.61. The van der Waals surface area contributed by atoms with E-state index in [0.717, 1.165) is 24.4 Å². The molecule has 0 saturated carbocycles. The zero-order valence-corrected chi connectivity index (χ0v) is 13.7. The Hall–Kier alpha value is -2.41. The SMILES string of the molecule is CC1=NN(c2ccc(C(=O)N3CCC[C@@](O)(C(N)=O)C3)cc2)CC1. The Morgan fingerprint density at radius 2 is 1.96 bits per heavy atom. The highest BCUT2D eigenvalue weighted by atomic mass is 16.3. The van der Waals surface area contributed by atoms with Gasteiger partial charge in [0.15, 0.2) is 5.60 Å². The van der Waals surface area contributed by atoms with E-state index in [1.54, 1.807) is 12.1 Å². The van der Waals surface area contributed by atoms with E-state index in [9.17, 15) is 14.7 Å². The predicted molar refractivity (Wildman–Crippen MR) is 90.8 cm³/mol. The maximum absolute atomic E-state index is 12.6. The molecule has 24 heavy (non-hydrogen) atoms. The molecule has 0 radical (unpaired) electrons. The summed E-state index contributed by atoms with van der Waals surface area (Å²) in [5, 5.41) is 16.6. The van der Waals surface area contributed by atoms with Crippen molar-refractivity contribution in [3.63, 3.8) is 0 Å². The van der Waals surface area contributed by atoms with Gasteiger partial charge in [-0.15, -0.1) is 0 Å². The molecule has 3 rings (SSSR count). The molecule has 7 nitrogen and oxygen atoms in total. The number of anilines is 1. The van der Waals surface area contributed by atoms with Crippen LogP contribution in [0.4, 0.5) is 5.69 Å². The van der Waals surface area contributed by atoms with Gasteiger partial charge in [-0.05, 0) is 44.0 Å². The van der Waals surface area contributed by atoms with Crippen LogP contribution in [0.5, 0.6) is 0 Å². The molecular weight excluding hydrogens is 308 g/mol. The lowest BCUT2D eigenvalue weighted by Gasteiger charge is -2.37. The highest BCUT2D eigenvalue weighted by molar-refractivity contribution is 5.95. The summed E-state index contributed by atoms with van der Waals surface area (Å²) in [7, 11) is 0. The standard InChI is InChI=1S/C17H22N4O3/c1-12-7-10-21(19-12)14-5-3-13(4-6-14)15(22)20-9-2-8-17(24,11-20)16(18)23/h3-6,24H,2,7-11H2,1H3,(H2,18,23)/t17-/m0/s1. The van der Waals surface area contributed by atoms with Crippen LogP contribution in [0.25, 0.3) is 0 Å². The first-order valence-corrected chi connectivity index (χ1v) is 8.12. The van der Waals surface area contributed by atoms with Gasteiger partial charge in [-0.1, -0.05) is 0 Å². The van der Waals surface area contributed by atoms with Gasteiger partial charge >= 0.3 is 0 Å². The van der Waals surface area contributed by atoms with Gasteiger partial charge in [-0.2, -0.15) is 5.10 Å². The number of hydrogen-bond donors (Lipinski definition) is 2. The van der Waals surface area contributed by atoms with Gasteiger partial charge in [-0.3, -0.25) is 14.6 Å². The zero-order valence-electron chi connectivity index (χ0n) is 13.7. The Morgan fingerprint density at radius 3 is 2.54 bits per heavy atom. The molecule has 0 spiro atoms. The quantitative estimate of drug-likeness (QED) is 0.853. The average Bonchev–Trinajstić information content (AvgIpc) is 3.01. The molecular formula is C17H22N4O3. The summed E-state index contributed by atoms with van der Waals surface area (Å²) >= 11 is 0. The molecule has 2 aliphatic heterocycles. The number of piperidine rings is 1. The van der Waals surface area contributed by atoms with E-state index >= 15 is 0 Å². The molecule has 0 unspecified atom stereocenters. The molecule has 7 heteroatoms. The second-order valence-electron chi connectivity index (χ2n) is 6.48. The van der Waals surface area contributed by atoms with Crippen molar-refractivity contribution >= 4 is 23.2 Å². The van der Waals surface area contributed by atoms with Crippen molar-refractivity contribution in [1.82, 2.24) is 4.90 Å². The minimum absolute atomic E-state index is 0.0570. The monoisotopic (exact) mass is 330 g/mol. The zero-order chi connectivity index (χ0) is 17.3. The molecule has 2 heterocycles. The second-order valence-corrected chi connectivity index (χ2v) is 6.48. The Labute approximate surface area is 140 Å². The van der Waals surface area contributed by atoms with Gasteiger partial charge in [0.05, 0.1) is 12.2 Å². The molecule has 128 valence electrons. The number of nitrogens with two attached hydrogens (primary N) is 1. The van der Waals surface area contributed by atoms with Gasteiger partial charge in [0.25, 0.3) is 11.8 Å². The van der Waals surface area contributed by atoms with E-state index in [1.165, 1.54) is 4.90 Å². The number of carbonyl (C=O) groups excluding carboxylic acids is 2. The molecule has 1 atom stereocenters. The van der Waals surface area contributed by atoms with Crippen LogP contribution in [-0.2, 0) is 4.79 Å². The number of benzene rings is 1. The number of carbonyl (C=O) groups is 2. The number of β-amino-alcohol motifs (C(OH)–C–C–N with tert-alkyl or cyclic N) is 1. The normalized spacial score (nSPS) is 24.0. The summed E-state index contributed by atoms with van der Waals surface area (Å²) in [4.78, 5) is 25.5. The molecule has 0 aromatic heterocycles. The number of hydrazone groups is 1. The maximum Gasteiger partial charge on any atom is 0.253 e. The number of likely N-dealkylation sites (tertiary alicyclic amines) is 1. The molecule has 2 aliphatic rings. The Balaban J connectivity index is 1.72. The van der Waals surface area contributed by atoms with Crippen LogP contribution in [0.15, 0.2) is 29.4 Å². The van der Waals surface area contributed by atoms with E-state index in [4.69, 9.17) is 5.73 Å². The van der Waals surface area contributed by atoms with Crippen molar-refractivity contribution in [2.24, 2.45) is 10.8 Å². The van der Waals surface area contributed by atoms with Crippen LogP contribution in [0.1, 0.15) is 36.5 Å². The number of primary amides is 1. The number of nitrogens with zero attached hydrogens (tertiary/aromatic N) is 3. The molecule has 1 saturated heterocycles. The van der Waals surface area contributed by atoms with E-state index in [0.29, 0.717) is 18.5 Å². The first-order chi connectivity index (χ1) is 11.4. The van der Waals surface area contributed by atoms with Gasteiger partial charge in [-0.25, -0.2) is 0 Å². The molecule has 1 aromatic rings. The fourth-order valence-electron chi connectivity index (χ4n) is 3.13. The summed E-state index contributed by atoms with van der Waals surface area (Å²) in [5.74, 6) is -0.986. The van der Waals surface area contributed by atoms with Crippen LogP contribution in [0, 0.1) is 0 Å². The van der Waals surface area contributed by atoms with Crippen molar-refractivity contribution in [1.29, 1.82) is 0 Å². The lowest BCUT2D eigenvalue weighted by molar-refractivity contribution is -0.140. The summed E-state index contributed by atoms with van der Waals surface area (Å²) in [6.07, 6.45) is 1.78. The van der Waals surface area contributed by atoms with Crippen LogP contribution in [-0.4, -0.2) is 52.8 Å². The maximum atomic E-state index is 12.6. The average molecular weight is 330 g/mol. The number of aliphatic hydroxyl groups is 1. The molecule has 3 N–H and O–H groups in total. The second kappa shape index (κ2) is 6.24. The van der Waals surface area contributed by atoms with Gasteiger partial charge in [0, 0.05) is 30.8 Å². The number of amides is 2. The summed E-state index contributed by atoms with van der Waals surface area (Å²) in [5.41, 5.74) is 6.18. The largest absolute Gasteiger partial charge is 0.378 e. The molecule has 0 bridgehead atoms. The first kappa shape index (κ1) is 16.4. The van der Waals surface area contributed by atoms with Gasteiger partial charge < -0.3 is 15.7 Å². The van der Waals surface area contributed by atoms with E-state index in [2.05, 4.69) is 5.10 Å². The molecule has 1 aromatic carbocycles. The third-order valence-electron chi connectivity index (χ3n) is 4.61. The third kappa shape index (κ3) is 3.12. The Morgan fingerprint density at radius 1 is 1.25 bits per heavy atom. The van der Waals surface area contributed by atoms with E-state index < -0.39 is 11.5 Å². The van der Waals surface area contributed by atoms with Crippen LogP contribution < -0.4 is 10.7 Å². The van der Waals surface area contributed by atoms with Crippen molar-refractivity contribution in [3.8, 4) is 0 Å². The van der Waals surface area contributed by atoms with Crippen molar-refractivity contribution in [2.45, 2.75) is 31.8 Å². The Kier molecular flexibility index (Phi) is 4.28. The van der Waals surface area contributed by atoms with E-state index in [-0.39, 0.29) is 18.9 Å². The smallest absolute Gasteiger partial charge is 0.253 e. The fourth-order valence-corrected chi connectivity index (χ4v) is 3.13. The first-order valence-electron chi connectivity index (χ1n) is 8.12. The topological polar surface area (TPSA) is 99.2 Å². The fraction of sp³-hybridized carbons (Fsp3) is 0.471. The lowest BCUT2D eigenvalue weighted by atomic mass is 9.92. The lowest BCUT2D eigenvalue weighted by Crippen LogP contribution is -2.57. The van der Waals surface area contributed by atoms with Crippen LogP contribution in [0.3, 0.4) is 0 Å². The summed E-state index contributed by atoms with van der Waals surface area (Å²) in [6.45, 7) is 3.29. The van der Waals surface area contributed by atoms with Gasteiger partial charge in [0.2, 0.25) is 0 Å². The van der Waals surface area contributed by atoms with Crippen molar-refractivity contribution in [2.75, 3.05) is 24.6 Å². The van der Waals surface area contributed by atoms with Crippen LogP contribution >= 0.6 is 0 Å². The van der Waals surface area contributed by atoms with Gasteiger partial charge in [0.1, 0.15) is 0 Å².